The second kappa shape index (κ2) is 12.3. The van der Waals surface area contributed by atoms with E-state index in [1.165, 1.54) is 17.3 Å². The molecule has 7 nitrogen and oxygen atoms in total. The van der Waals surface area contributed by atoms with E-state index in [0.29, 0.717) is 25.3 Å². The number of carbonyl (C=O) groups is 1. The van der Waals surface area contributed by atoms with Gasteiger partial charge in [0.25, 0.3) is 0 Å². The van der Waals surface area contributed by atoms with Gasteiger partial charge in [-0.2, -0.15) is 0 Å². The highest BCUT2D eigenvalue weighted by Gasteiger charge is 2.27. The third-order valence-corrected chi connectivity index (χ3v) is 7.80. The predicted octanol–water partition coefficient (Wildman–Crippen LogP) is 5.47. The van der Waals surface area contributed by atoms with Gasteiger partial charge in [-0.15, -0.1) is 0 Å². The van der Waals surface area contributed by atoms with Crippen molar-refractivity contribution in [2.24, 2.45) is 0 Å². The average Bonchev–Trinajstić information content (AvgIpc) is 3.34. The summed E-state index contributed by atoms with van der Waals surface area (Å²) in [6.45, 7) is 3.02. The number of phenolic OH excluding ortho intramolecular Hbond substituents is 1. The van der Waals surface area contributed by atoms with Crippen LogP contribution < -0.4 is 5.56 Å². The molecule has 1 fully saturated rings. The van der Waals surface area contributed by atoms with E-state index >= 15 is 0 Å². The van der Waals surface area contributed by atoms with Crippen molar-refractivity contribution in [1.29, 1.82) is 0 Å². The molecule has 1 aliphatic rings. The van der Waals surface area contributed by atoms with Crippen molar-refractivity contribution in [2.45, 2.75) is 51.0 Å². The Morgan fingerprint density at radius 2 is 1.90 bits per heavy atom. The highest BCUT2D eigenvalue weighted by Crippen LogP contribution is 2.35. The quantitative estimate of drug-likeness (QED) is 0.268. The van der Waals surface area contributed by atoms with E-state index in [4.69, 9.17) is 4.74 Å². The number of nitrogens with one attached hydrogen (secondary N) is 1. The summed E-state index contributed by atoms with van der Waals surface area (Å²) in [6, 6.07) is 19.5. The number of aryl methyl sites for hydroxylation is 2. The van der Waals surface area contributed by atoms with E-state index in [2.05, 4.69) is 45.9 Å². The molecule has 39 heavy (non-hydrogen) atoms. The average molecular weight is 528 g/mol. The lowest BCUT2D eigenvalue weighted by Crippen LogP contribution is -2.39. The Hall–Kier alpha value is -3.84. The third kappa shape index (κ3) is 6.25. The maximum Gasteiger partial charge on any atom is 0.247 e. The molecular formula is C32H37N3O4. The summed E-state index contributed by atoms with van der Waals surface area (Å²) < 4.78 is 7.59. The summed E-state index contributed by atoms with van der Waals surface area (Å²) in [5, 5.41) is 11.4. The number of hydrogen-bond donors (Lipinski definition) is 2. The first kappa shape index (κ1) is 26.8. The smallest absolute Gasteiger partial charge is 0.247 e. The summed E-state index contributed by atoms with van der Waals surface area (Å²) in [5.41, 5.74) is 5.36. The van der Waals surface area contributed by atoms with Crippen LogP contribution in [-0.2, 0) is 22.5 Å². The molecular weight excluding hydrogens is 490 g/mol. The van der Waals surface area contributed by atoms with Crippen molar-refractivity contribution in [3.8, 4) is 16.9 Å². The van der Waals surface area contributed by atoms with E-state index in [0.717, 1.165) is 67.2 Å². The van der Waals surface area contributed by atoms with Gasteiger partial charge in [-0.3, -0.25) is 9.59 Å². The number of nitrogens with zero attached hydrogens (tertiary/aromatic N) is 2. The molecule has 1 unspecified atom stereocenters. The molecule has 2 N–H and O–H groups in total. The van der Waals surface area contributed by atoms with Crippen LogP contribution in [0.3, 0.4) is 0 Å². The second-order valence-corrected chi connectivity index (χ2v) is 10.4. The highest BCUT2D eigenvalue weighted by molar-refractivity contribution is 5.87. The van der Waals surface area contributed by atoms with Crippen LogP contribution in [0.25, 0.3) is 22.0 Å². The fourth-order valence-electron chi connectivity index (χ4n) is 5.75. The summed E-state index contributed by atoms with van der Waals surface area (Å²) >= 11 is 0. The topological polar surface area (TPSA) is 87.6 Å². The first-order valence-electron chi connectivity index (χ1n) is 13.9. The number of fused-ring (bicyclic) bond motifs is 1. The van der Waals surface area contributed by atoms with Crippen LogP contribution in [0.4, 0.5) is 0 Å². The van der Waals surface area contributed by atoms with E-state index in [1.54, 1.807) is 19.4 Å². The van der Waals surface area contributed by atoms with E-state index in [1.807, 2.05) is 17.0 Å². The fraction of sp³-hybridized carbons (Fsp3) is 0.375. The monoisotopic (exact) mass is 527 g/mol. The van der Waals surface area contributed by atoms with Gasteiger partial charge >= 0.3 is 0 Å². The van der Waals surface area contributed by atoms with Gasteiger partial charge in [0, 0.05) is 69.0 Å². The van der Waals surface area contributed by atoms with Crippen molar-refractivity contribution in [3.05, 3.63) is 88.5 Å². The van der Waals surface area contributed by atoms with Gasteiger partial charge in [-0.25, -0.2) is 0 Å². The molecule has 0 saturated carbocycles. The molecule has 1 aliphatic heterocycles. The van der Waals surface area contributed by atoms with Gasteiger partial charge in [0.15, 0.2) is 0 Å². The zero-order valence-corrected chi connectivity index (χ0v) is 22.6. The van der Waals surface area contributed by atoms with Crippen LogP contribution in [-0.4, -0.2) is 52.3 Å². The Labute approximate surface area is 229 Å². The van der Waals surface area contributed by atoms with Crippen LogP contribution in [0.2, 0.25) is 0 Å². The minimum Gasteiger partial charge on any atom is -0.507 e. The molecule has 0 bridgehead atoms. The molecule has 2 aromatic carbocycles. The molecule has 1 amide bonds. The van der Waals surface area contributed by atoms with Crippen LogP contribution >= 0.6 is 0 Å². The Morgan fingerprint density at radius 1 is 1.08 bits per heavy atom. The third-order valence-electron chi connectivity index (χ3n) is 7.80. The maximum atomic E-state index is 13.2. The number of benzene rings is 2. The first-order chi connectivity index (χ1) is 19.0. The van der Waals surface area contributed by atoms with E-state index in [9.17, 15) is 14.7 Å². The number of methoxy groups -OCH3 is 1. The van der Waals surface area contributed by atoms with Gasteiger partial charge < -0.3 is 24.3 Å². The molecule has 0 aliphatic carbocycles. The number of amides is 1. The number of carbonyl (C=O) groups excluding carboxylic acids is 1. The summed E-state index contributed by atoms with van der Waals surface area (Å²) in [5.74, 6) is 0.765. The number of ether oxygens (including phenoxy) is 1. The first-order valence-corrected chi connectivity index (χ1v) is 13.9. The molecule has 4 aromatic rings. The number of aromatic nitrogens is 2. The van der Waals surface area contributed by atoms with Gasteiger partial charge in [-0.05, 0) is 73.1 Å². The predicted molar refractivity (Wildman–Crippen MR) is 154 cm³/mol. The number of piperidine rings is 1. The summed E-state index contributed by atoms with van der Waals surface area (Å²) in [6.07, 6.45) is 6.83. The lowest BCUT2D eigenvalue weighted by molar-refractivity contribution is -0.132. The van der Waals surface area contributed by atoms with Crippen LogP contribution in [0.5, 0.6) is 5.75 Å². The Bertz CT molecular complexity index is 1450. The molecule has 0 spiro atoms. The molecule has 7 heteroatoms. The largest absolute Gasteiger partial charge is 0.507 e. The summed E-state index contributed by atoms with van der Waals surface area (Å²) in [7, 11) is 1.72. The van der Waals surface area contributed by atoms with E-state index < -0.39 is 0 Å². The van der Waals surface area contributed by atoms with Crippen molar-refractivity contribution >= 4 is 16.8 Å². The number of aromatic hydroxyl groups is 1. The number of H-pyrrole nitrogens is 1. The van der Waals surface area contributed by atoms with Gasteiger partial charge in [-0.1, -0.05) is 30.3 Å². The normalized spacial score (nSPS) is 15.6. The van der Waals surface area contributed by atoms with Crippen molar-refractivity contribution in [3.63, 3.8) is 0 Å². The van der Waals surface area contributed by atoms with Gasteiger partial charge in [0.1, 0.15) is 5.75 Å². The molecule has 5 rings (SSSR count). The van der Waals surface area contributed by atoms with Crippen molar-refractivity contribution < 1.29 is 14.6 Å². The number of rotatable bonds is 10. The SMILES string of the molecule is COCCCn1c(C2CCCN(C(=O)CCCc3ccc(-c4ccc(=O)[nH]c4)cc3)C2)cc2c(O)cccc21. The van der Waals surface area contributed by atoms with Gasteiger partial charge in [0.05, 0.1) is 5.52 Å². The number of aromatic amines is 1. The number of pyridine rings is 1. The Morgan fingerprint density at radius 3 is 2.67 bits per heavy atom. The Kier molecular flexibility index (Phi) is 8.47. The molecule has 3 heterocycles. The lowest BCUT2D eigenvalue weighted by Gasteiger charge is -2.33. The van der Waals surface area contributed by atoms with Crippen LogP contribution in [0, 0.1) is 0 Å². The Balaban J connectivity index is 1.20. The van der Waals surface area contributed by atoms with Crippen molar-refractivity contribution in [2.75, 3.05) is 26.8 Å². The number of hydrogen-bond acceptors (Lipinski definition) is 4. The fourth-order valence-corrected chi connectivity index (χ4v) is 5.75. The minimum absolute atomic E-state index is 0.108. The molecule has 1 atom stereocenters. The lowest BCUT2D eigenvalue weighted by atomic mass is 9.94. The summed E-state index contributed by atoms with van der Waals surface area (Å²) in [4.78, 5) is 29.2. The van der Waals surface area contributed by atoms with Gasteiger partial charge in [0.2, 0.25) is 11.5 Å². The number of phenols is 1. The minimum atomic E-state index is -0.108. The maximum absolute atomic E-state index is 13.2. The molecule has 2 aromatic heterocycles. The van der Waals surface area contributed by atoms with E-state index in [-0.39, 0.29) is 17.4 Å². The second-order valence-electron chi connectivity index (χ2n) is 10.4. The zero-order valence-electron chi connectivity index (χ0n) is 22.6. The molecule has 0 radical (unpaired) electrons. The zero-order chi connectivity index (χ0) is 27.2. The molecule has 204 valence electrons. The molecule has 1 saturated heterocycles. The number of likely N-dealkylation sites (tertiary alicyclic amines) is 1. The highest BCUT2D eigenvalue weighted by atomic mass is 16.5. The van der Waals surface area contributed by atoms with Crippen molar-refractivity contribution in [1.82, 2.24) is 14.5 Å². The van der Waals surface area contributed by atoms with Crippen LogP contribution in [0.1, 0.15) is 49.3 Å². The van der Waals surface area contributed by atoms with Crippen LogP contribution in [0.15, 0.2) is 71.7 Å². The standard InChI is InChI=1S/C32H37N3O4/c1-39-19-5-18-35-28-8-3-9-30(36)27(28)20-29(35)26-7-4-17-34(22-26)32(38)10-2-6-23-11-13-24(14-12-23)25-15-16-31(37)33-21-25/h3,8-9,11-16,20-21,26,36H,2,4-7,10,17-19,22H2,1H3,(H,33,37).